The molecule has 9 heteroatoms. The number of ether oxygens (including phenoxy) is 1. The van der Waals surface area contributed by atoms with Crippen LogP contribution >= 0.6 is 22.9 Å². The van der Waals surface area contributed by atoms with E-state index in [0.29, 0.717) is 5.69 Å². The standard InChI is InChI=1S/C18H15ClN2O4S2/c1-11-2-4-12(5-3-11)17-21-14(10-26-17)9-25-18(22)13-6-7-15(19)16(8-13)27(20,23)24/h2-8,10H,9H2,1H3,(H2,20,23,24). The summed E-state index contributed by atoms with van der Waals surface area (Å²) < 4.78 is 28.2. The van der Waals surface area contributed by atoms with Gasteiger partial charge in [0.05, 0.1) is 16.3 Å². The van der Waals surface area contributed by atoms with Gasteiger partial charge < -0.3 is 4.74 Å². The van der Waals surface area contributed by atoms with Crippen molar-refractivity contribution in [2.24, 2.45) is 5.14 Å². The molecule has 0 unspecified atom stereocenters. The minimum Gasteiger partial charge on any atom is -0.456 e. The third-order valence-electron chi connectivity index (χ3n) is 3.67. The first-order valence-electron chi connectivity index (χ1n) is 7.75. The number of sulfonamides is 1. The second kappa shape index (κ2) is 7.77. The van der Waals surface area contributed by atoms with Crippen LogP contribution in [0, 0.1) is 6.92 Å². The maximum atomic E-state index is 12.2. The minimum atomic E-state index is -4.04. The number of hydrogen-bond donors (Lipinski definition) is 1. The number of aromatic nitrogens is 1. The molecular formula is C18H15ClN2O4S2. The van der Waals surface area contributed by atoms with Crippen molar-refractivity contribution in [1.29, 1.82) is 0 Å². The van der Waals surface area contributed by atoms with Crippen molar-refractivity contribution in [3.8, 4) is 10.6 Å². The highest BCUT2D eigenvalue weighted by Crippen LogP contribution is 2.25. The number of esters is 1. The summed E-state index contributed by atoms with van der Waals surface area (Å²) >= 11 is 7.26. The fraction of sp³-hybridized carbons (Fsp3) is 0.111. The summed E-state index contributed by atoms with van der Waals surface area (Å²) in [6, 6.07) is 11.7. The van der Waals surface area contributed by atoms with Gasteiger partial charge in [-0.15, -0.1) is 11.3 Å². The van der Waals surface area contributed by atoms with E-state index < -0.39 is 16.0 Å². The summed E-state index contributed by atoms with van der Waals surface area (Å²) in [5, 5.41) is 7.66. The lowest BCUT2D eigenvalue weighted by Crippen LogP contribution is -2.14. The number of benzene rings is 2. The summed E-state index contributed by atoms with van der Waals surface area (Å²) in [4.78, 5) is 16.3. The van der Waals surface area contributed by atoms with Gasteiger partial charge in [0, 0.05) is 10.9 Å². The van der Waals surface area contributed by atoms with Crippen LogP contribution in [-0.2, 0) is 21.4 Å². The molecule has 27 heavy (non-hydrogen) atoms. The van der Waals surface area contributed by atoms with E-state index in [9.17, 15) is 13.2 Å². The highest BCUT2D eigenvalue weighted by Gasteiger charge is 2.17. The smallest absolute Gasteiger partial charge is 0.338 e. The second-order valence-corrected chi connectivity index (χ2v) is 8.57. The van der Waals surface area contributed by atoms with Crippen LogP contribution in [0.1, 0.15) is 21.6 Å². The van der Waals surface area contributed by atoms with E-state index >= 15 is 0 Å². The summed E-state index contributed by atoms with van der Waals surface area (Å²) in [7, 11) is -4.04. The summed E-state index contributed by atoms with van der Waals surface area (Å²) in [5.74, 6) is -0.693. The lowest BCUT2D eigenvalue weighted by molar-refractivity contribution is 0.0468. The fourth-order valence-corrected chi connectivity index (χ4v) is 4.15. The summed E-state index contributed by atoms with van der Waals surface area (Å²) in [6.07, 6.45) is 0. The first-order valence-corrected chi connectivity index (χ1v) is 10.6. The van der Waals surface area contributed by atoms with Crippen LogP contribution in [0.4, 0.5) is 0 Å². The van der Waals surface area contributed by atoms with E-state index in [0.717, 1.165) is 22.2 Å². The SMILES string of the molecule is Cc1ccc(-c2nc(COC(=O)c3ccc(Cl)c(S(N)(=O)=O)c3)cs2)cc1. The highest BCUT2D eigenvalue weighted by molar-refractivity contribution is 7.89. The van der Waals surface area contributed by atoms with E-state index in [2.05, 4.69) is 4.98 Å². The van der Waals surface area contributed by atoms with E-state index in [1.165, 1.54) is 23.5 Å². The summed E-state index contributed by atoms with van der Waals surface area (Å²) in [6.45, 7) is 1.98. The molecule has 1 heterocycles. The first-order chi connectivity index (χ1) is 12.7. The molecule has 0 aliphatic carbocycles. The Balaban J connectivity index is 1.71. The Morgan fingerprint density at radius 2 is 1.93 bits per heavy atom. The van der Waals surface area contributed by atoms with Crippen LogP contribution in [0.5, 0.6) is 0 Å². The quantitative estimate of drug-likeness (QED) is 0.631. The van der Waals surface area contributed by atoms with Crippen LogP contribution in [0.3, 0.4) is 0 Å². The van der Waals surface area contributed by atoms with Gasteiger partial charge in [0.2, 0.25) is 10.0 Å². The fourth-order valence-electron chi connectivity index (χ4n) is 2.27. The van der Waals surface area contributed by atoms with E-state index in [4.69, 9.17) is 21.5 Å². The van der Waals surface area contributed by atoms with Crippen molar-refractivity contribution in [3.63, 3.8) is 0 Å². The number of carbonyl (C=O) groups excluding carboxylic acids is 1. The third-order valence-corrected chi connectivity index (χ3v) is 6.01. The Bertz CT molecular complexity index is 1090. The Kier molecular flexibility index (Phi) is 5.61. The van der Waals surface area contributed by atoms with Gasteiger partial charge in [-0.3, -0.25) is 0 Å². The van der Waals surface area contributed by atoms with Gasteiger partial charge in [0.1, 0.15) is 16.5 Å². The largest absolute Gasteiger partial charge is 0.456 e. The Labute approximate surface area is 165 Å². The molecule has 0 saturated carbocycles. The highest BCUT2D eigenvalue weighted by atomic mass is 35.5. The van der Waals surface area contributed by atoms with E-state index in [-0.39, 0.29) is 22.1 Å². The van der Waals surface area contributed by atoms with Crippen molar-refractivity contribution in [2.45, 2.75) is 18.4 Å². The number of halogens is 1. The normalized spacial score (nSPS) is 11.4. The zero-order chi connectivity index (χ0) is 19.6. The van der Waals surface area contributed by atoms with Gasteiger partial charge in [-0.25, -0.2) is 23.3 Å². The van der Waals surface area contributed by atoms with Gasteiger partial charge >= 0.3 is 5.97 Å². The lowest BCUT2D eigenvalue weighted by Gasteiger charge is -2.06. The molecule has 0 spiro atoms. The molecule has 140 valence electrons. The number of rotatable bonds is 5. The molecule has 2 aromatic carbocycles. The monoisotopic (exact) mass is 422 g/mol. The molecule has 0 aliphatic heterocycles. The molecule has 0 radical (unpaired) electrons. The predicted molar refractivity (Wildman–Crippen MR) is 104 cm³/mol. The summed E-state index contributed by atoms with van der Waals surface area (Å²) in [5.41, 5.74) is 2.78. The lowest BCUT2D eigenvalue weighted by atomic mass is 10.2. The molecule has 6 nitrogen and oxygen atoms in total. The minimum absolute atomic E-state index is 0.0332. The molecule has 3 rings (SSSR count). The van der Waals surface area contributed by atoms with Crippen LogP contribution in [0.15, 0.2) is 52.7 Å². The molecule has 0 aliphatic rings. The average molecular weight is 423 g/mol. The number of hydrogen-bond acceptors (Lipinski definition) is 6. The van der Waals surface area contributed by atoms with Gasteiger partial charge in [0.25, 0.3) is 0 Å². The van der Waals surface area contributed by atoms with Crippen molar-refractivity contribution in [2.75, 3.05) is 0 Å². The zero-order valence-electron chi connectivity index (χ0n) is 14.2. The number of aryl methyl sites for hydroxylation is 1. The van der Waals surface area contributed by atoms with Crippen molar-refractivity contribution in [1.82, 2.24) is 4.98 Å². The number of thiazole rings is 1. The van der Waals surface area contributed by atoms with Crippen molar-refractivity contribution in [3.05, 3.63) is 69.7 Å². The van der Waals surface area contributed by atoms with E-state index in [1.807, 2.05) is 31.2 Å². The van der Waals surface area contributed by atoms with Crippen molar-refractivity contribution < 1.29 is 17.9 Å². The van der Waals surface area contributed by atoms with Gasteiger partial charge in [0.15, 0.2) is 0 Å². The molecule has 0 fully saturated rings. The van der Waals surface area contributed by atoms with Crippen LogP contribution in [0.2, 0.25) is 5.02 Å². The third kappa shape index (κ3) is 4.72. The molecular weight excluding hydrogens is 408 g/mol. The molecule has 0 saturated heterocycles. The first kappa shape index (κ1) is 19.5. The molecule has 3 aromatic rings. The maximum Gasteiger partial charge on any atom is 0.338 e. The maximum absolute atomic E-state index is 12.2. The number of nitrogens with zero attached hydrogens (tertiary/aromatic N) is 1. The topological polar surface area (TPSA) is 99.3 Å². The van der Waals surface area contributed by atoms with E-state index in [1.54, 1.807) is 5.38 Å². The van der Waals surface area contributed by atoms with Gasteiger partial charge in [-0.2, -0.15) is 0 Å². The van der Waals surface area contributed by atoms with Gasteiger partial charge in [-0.05, 0) is 25.1 Å². The van der Waals surface area contributed by atoms with Crippen LogP contribution in [0.25, 0.3) is 10.6 Å². The Hall–Kier alpha value is -2.26. The number of nitrogens with two attached hydrogens (primary N) is 1. The average Bonchev–Trinajstić information content (AvgIpc) is 3.08. The molecule has 1 aromatic heterocycles. The van der Waals surface area contributed by atoms with Crippen LogP contribution < -0.4 is 5.14 Å². The van der Waals surface area contributed by atoms with Crippen LogP contribution in [-0.4, -0.2) is 19.4 Å². The Morgan fingerprint density at radius 3 is 2.59 bits per heavy atom. The number of carbonyl (C=O) groups is 1. The molecule has 0 bridgehead atoms. The number of primary sulfonamides is 1. The zero-order valence-corrected chi connectivity index (χ0v) is 16.6. The molecule has 0 amide bonds. The molecule has 0 atom stereocenters. The van der Waals surface area contributed by atoms with Crippen molar-refractivity contribution >= 4 is 38.9 Å². The molecule has 2 N–H and O–H groups in total. The Morgan fingerprint density at radius 1 is 1.22 bits per heavy atom. The van der Waals surface area contributed by atoms with Gasteiger partial charge in [-0.1, -0.05) is 41.4 Å². The predicted octanol–water partition coefficient (Wildman–Crippen LogP) is 3.78. The second-order valence-electron chi connectivity index (χ2n) is 5.78.